The summed E-state index contributed by atoms with van der Waals surface area (Å²) in [5.41, 5.74) is 3.82. The molecule has 6 nitrogen and oxygen atoms in total. The highest BCUT2D eigenvalue weighted by molar-refractivity contribution is 5.78. The van der Waals surface area contributed by atoms with Gasteiger partial charge in [-0.1, -0.05) is 60.7 Å². The van der Waals surface area contributed by atoms with Gasteiger partial charge in [-0.05, 0) is 35.4 Å². The third-order valence-electron chi connectivity index (χ3n) is 7.43. The minimum Gasteiger partial charge on any atom is -0.497 e. The number of methoxy groups -OCH3 is 1. The van der Waals surface area contributed by atoms with Gasteiger partial charge in [0.1, 0.15) is 5.75 Å². The number of amides is 1. The second kappa shape index (κ2) is 11.6. The van der Waals surface area contributed by atoms with E-state index in [1.807, 2.05) is 12.1 Å². The highest BCUT2D eigenvalue weighted by atomic mass is 16.5. The van der Waals surface area contributed by atoms with Crippen LogP contribution < -0.4 is 9.64 Å². The predicted molar refractivity (Wildman–Crippen MR) is 145 cm³/mol. The lowest BCUT2D eigenvalue weighted by atomic mass is 9.96. The second-order valence-corrected chi connectivity index (χ2v) is 9.60. The van der Waals surface area contributed by atoms with Crippen molar-refractivity contribution in [2.24, 2.45) is 0 Å². The predicted octanol–water partition coefficient (Wildman–Crippen LogP) is 3.75. The molecule has 5 rings (SSSR count). The van der Waals surface area contributed by atoms with Crippen LogP contribution in [0.1, 0.15) is 17.2 Å². The molecule has 3 aromatic rings. The van der Waals surface area contributed by atoms with Crippen LogP contribution in [0.4, 0.5) is 5.69 Å². The van der Waals surface area contributed by atoms with Crippen molar-refractivity contribution in [2.75, 3.05) is 70.9 Å². The van der Waals surface area contributed by atoms with Crippen LogP contribution in [0.25, 0.3) is 0 Å². The van der Waals surface area contributed by atoms with Crippen LogP contribution in [0.3, 0.4) is 0 Å². The van der Waals surface area contributed by atoms with Gasteiger partial charge in [0.25, 0.3) is 0 Å². The number of benzene rings is 3. The first kappa shape index (κ1) is 24.3. The van der Waals surface area contributed by atoms with Crippen LogP contribution in [-0.4, -0.2) is 86.6 Å². The summed E-state index contributed by atoms with van der Waals surface area (Å²) in [4.78, 5) is 22.4. The van der Waals surface area contributed by atoms with Gasteiger partial charge in [-0.15, -0.1) is 0 Å². The van der Waals surface area contributed by atoms with Crippen molar-refractivity contribution in [2.45, 2.75) is 6.04 Å². The van der Waals surface area contributed by atoms with E-state index in [4.69, 9.17) is 4.74 Å². The second-order valence-electron chi connectivity index (χ2n) is 9.60. The molecule has 0 saturated carbocycles. The molecular formula is C30H36N4O2. The first-order chi connectivity index (χ1) is 17.7. The smallest absolute Gasteiger partial charge is 0.236 e. The van der Waals surface area contributed by atoms with E-state index in [2.05, 4.69) is 92.4 Å². The van der Waals surface area contributed by atoms with Gasteiger partial charge in [0.05, 0.1) is 19.7 Å². The first-order valence-electron chi connectivity index (χ1n) is 12.9. The molecular weight excluding hydrogens is 448 g/mol. The van der Waals surface area contributed by atoms with Crippen molar-refractivity contribution in [3.8, 4) is 5.75 Å². The molecule has 2 heterocycles. The lowest BCUT2D eigenvalue weighted by molar-refractivity contribution is -0.134. The highest BCUT2D eigenvalue weighted by Gasteiger charge is 2.29. The molecule has 1 amide bonds. The summed E-state index contributed by atoms with van der Waals surface area (Å²) in [6, 6.07) is 29.9. The Balaban J connectivity index is 1.13. The molecule has 0 N–H and O–H groups in total. The summed E-state index contributed by atoms with van der Waals surface area (Å²) in [7, 11) is 1.69. The van der Waals surface area contributed by atoms with Crippen molar-refractivity contribution in [3.05, 3.63) is 96.1 Å². The lowest BCUT2D eigenvalue weighted by Crippen LogP contribution is -2.54. The fraction of sp³-hybridized carbons (Fsp3) is 0.367. The maximum absolute atomic E-state index is 13.1. The third kappa shape index (κ3) is 5.72. The Morgan fingerprint density at radius 3 is 1.81 bits per heavy atom. The molecule has 2 aliphatic rings. The Hall–Kier alpha value is -3.35. The Morgan fingerprint density at radius 1 is 0.722 bits per heavy atom. The standard InChI is InChI=1S/C30H36N4O2/c1-36-28-14-12-27(13-15-28)32-18-16-31(17-19-32)24-29(35)33-20-22-34(23-21-33)30(25-8-4-2-5-9-25)26-10-6-3-7-11-26/h2-15,30H,16-24H2,1H3. The van der Waals surface area contributed by atoms with Crippen LogP contribution in [0.15, 0.2) is 84.9 Å². The van der Waals surface area contributed by atoms with E-state index in [0.29, 0.717) is 6.54 Å². The largest absolute Gasteiger partial charge is 0.497 e. The molecule has 3 aromatic carbocycles. The third-order valence-corrected chi connectivity index (χ3v) is 7.43. The minimum atomic E-state index is 0.218. The lowest BCUT2D eigenvalue weighted by Gasteiger charge is -2.41. The van der Waals surface area contributed by atoms with E-state index in [0.717, 1.165) is 58.1 Å². The Bertz CT molecular complexity index is 1050. The number of carbonyl (C=O) groups excluding carboxylic acids is 1. The summed E-state index contributed by atoms with van der Waals surface area (Å²) in [5.74, 6) is 1.13. The zero-order chi connectivity index (χ0) is 24.7. The number of piperazine rings is 2. The monoisotopic (exact) mass is 484 g/mol. The number of hydrogen-bond donors (Lipinski definition) is 0. The average Bonchev–Trinajstić information content (AvgIpc) is 2.95. The number of rotatable bonds is 7. The van der Waals surface area contributed by atoms with Crippen molar-refractivity contribution in [3.63, 3.8) is 0 Å². The summed E-state index contributed by atoms with van der Waals surface area (Å²) in [5, 5.41) is 0. The maximum atomic E-state index is 13.1. The van der Waals surface area contributed by atoms with Gasteiger partial charge >= 0.3 is 0 Å². The first-order valence-corrected chi connectivity index (χ1v) is 12.9. The van der Waals surface area contributed by atoms with Crippen LogP contribution in [-0.2, 0) is 4.79 Å². The molecule has 36 heavy (non-hydrogen) atoms. The van der Waals surface area contributed by atoms with E-state index >= 15 is 0 Å². The van der Waals surface area contributed by atoms with Crippen LogP contribution >= 0.6 is 0 Å². The van der Waals surface area contributed by atoms with E-state index in [-0.39, 0.29) is 11.9 Å². The van der Waals surface area contributed by atoms with Crippen molar-refractivity contribution in [1.29, 1.82) is 0 Å². The zero-order valence-corrected chi connectivity index (χ0v) is 21.1. The number of hydrogen-bond acceptors (Lipinski definition) is 5. The van der Waals surface area contributed by atoms with Gasteiger partial charge in [0.2, 0.25) is 5.91 Å². The maximum Gasteiger partial charge on any atom is 0.236 e. The van der Waals surface area contributed by atoms with E-state index in [1.54, 1.807) is 7.11 Å². The normalized spacial score (nSPS) is 17.4. The summed E-state index contributed by atoms with van der Waals surface area (Å²) in [6.07, 6.45) is 0. The number of ether oxygens (including phenoxy) is 1. The zero-order valence-electron chi connectivity index (χ0n) is 21.1. The van der Waals surface area contributed by atoms with E-state index in [9.17, 15) is 4.79 Å². The fourth-order valence-electron chi connectivity index (χ4n) is 5.36. The molecule has 0 atom stereocenters. The number of nitrogens with zero attached hydrogens (tertiary/aromatic N) is 4. The molecule has 0 spiro atoms. The SMILES string of the molecule is COc1ccc(N2CCN(CC(=O)N3CCN(C(c4ccccc4)c4ccccc4)CC3)CC2)cc1. The summed E-state index contributed by atoms with van der Waals surface area (Å²) in [6.45, 7) is 7.51. The average molecular weight is 485 g/mol. The van der Waals surface area contributed by atoms with Crippen LogP contribution in [0.5, 0.6) is 5.75 Å². The molecule has 0 aliphatic carbocycles. The molecule has 0 radical (unpaired) electrons. The molecule has 6 heteroatoms. The van der Waals surface area contributed by atoms with Crippen molar-refractivity contribution in [1.82, 2.24) is 14.7 Å². The number of anilines is 1. The molecule has 2 saturated heterocycles. The molecule has 0 bridgehead atoms. The fourth-order valence-corrected chi connectivity index (χ4v) is 5.36. The Morgan fingerprint density at radius 2 is 1.28 bits per heavy atom. The molecule has 188 valence electrons. The van der Waals surface area contributed by atoms with E-state index < -0.39 is 0 Å². The van der Waals surface area contributed by atoms with Gasteiger partial charge < -0.3 is 14.5 Å². The highest BCUT2D eigenvalue weighted by Crippen LogP contribution is 2.29. The molecule has 0 unspecified atom stereocenters. The van der Waals surface area contributed by atoms with Gasteiger partial charge in [-0.25, -0.2) is 0 Å². The molecule has 2 aliphatic heterocycles. The number of carbonyl (C=O) groups is 1. The summed E-state index contributed by atoms with van der Waals surface area (Å²) >= 11 is 0. The van der Waals surface area contributed by atoms with Crippen LogP contribution in [0.2, 0.25) is 0 Å². The van der Waals surface area contributed by atoms with Gasteiger partial charge in [0, 0.05) is 58.0 Å². The molecule has 0 aromatic heterocycles. The van der Waals surface area contributed by atoms with Gasteiger partial charge in [-0.3, -0.25) is 14.6 Å². The minimum absolute atomic E-state index is 0.218. The Labute approximate surface area is 214 Å². The van der Waals surface area contributed by atoms with Crippen molar-refractivity contribution >= 4 is 11.6 Å². The topological polar surface area (TPSA) is 39.3 Å². The van der Waals surface area contributed by atoms with Gasteiger partial charge in [0.15, 0.2) is 0 Å². The Kier molecular flexibility index (Phi) is 7.84. The molecule has 2 fully saturated rings. The summed E-state index contributed by atoms with van der Waals surface area (Å²) < 4.78 is 5.27. The quantitative estimate of drug-likeness (QED) is 0.511. The van der Waals surface area contributed by atoms with Gasteiger partial charge in [-0.2, -0.15) is 0 Å². The van der Waals surface area contributed by atoms with Crippen molar-refractivity contribution < 1.29 is 9.53 Å². The van der Waals surface area contributed by atoms with E-state index in [1.165, 1.54) is 16.8 Å². The van der Waals surface area contributed by atoms with Crippen LogP contribution in [0, 0.1) is 0 Å².